The molecule has 0 unspecified atom stereocenters. The Balaban J connectivity index is 2.13. The van der Waals surface area contributed by atoms with Crippen molar-refractivity contribution in [3.63, 3.8) is 0 Å². The molecule has 18 heavy (non-hydrogen) atoms. The smallest absolute Gasteiger partial charge is 0.336 e. The summed E-state index contributed by atoms with van der Waals surface area (Å²) in [7, 11) is 0. The van der Waals surface area contributed by atoms with Crippen molar-refractivity contribution in [1.82, 2.24) is 4.98 Å². The van der Waals surface area contributed by atoms with Crippen molar-refractivity contribution in [3.05, 3.63) is 58.9 Å². The normalized spacial score (nSPS) is 10.3. The highest BCUT2D eigenvalue weighted by molar-refractivity contribution is 7.98. The molecular formula is C13H10ClNO2S. The van der Waals surface area contributed by atoms with Crippen molar-refractivity contribution >= 4 is 29.3 Å². The summed E-state index contributed by atoms with van der Waals surface area (Å²) in [5.74, 6) is -0.331. The fourth-order valence-corrected chi connectivity index (χ4v) is 2.58. The zero-order valence-corrected chi connectivity index (χ0v) is 10.9. The Morgan fingerprint density at radius 2 is 2.00 bits per heavy atom. The number of thioether (sulfide) groups is 1. The topological polar surface area (TPSA) is 50.2 Å². The van der Waals surface area contributed by atoms with E-state index in [-0.39, 0.29) is 0 Å². The van der Waals surface area contributed by atoms with Crippen molar-refractivity contribution in [2.24, 2.45) is 0 Å². The number of aromatic nitrogens is 1. The molecule has 0 bridgehead atoms. The van der Waals surface area contributed by atoms with Crippen molar-refractivity contribution < 1.29 is 9.90 Å². The van der Waals surface area contributed by atoms with Gasteiger partial charge >= 0.3 is 5.97 Å². The average molecular weight is 280 g/mol. The summed E-state index contributed by atoms with van der Waals surface area (Å²) in [5.41, 5.74) is 1.14. The molecule has 5 heteroatoms. The molecule has 1 heterocycles. The lowest BCUT2D eigenvalue weighted by Gasteiger charge is -2.05. The lowest BCUT2D eigenvalue weighted by molar-refractivity contribution is 0.0693. The number of carboxylic acids is 1. The largest absolute Gasteiger partial charge is 0.478 e. The van der Waals surface area contributed by atoms with Crippen LogP contribution in [0, 0.1) is 0 Å². The summed E-state index contributed by atoms with van der Waals surface area (Å²) in [6.45, 7) is 0. The number of nitrogens with zero attached hydrogens (tertiary/aromatic N) is 1. The van der Waals surface area contributed by atoms with Crippen LogP contribution in [0.3, 0.4) is 0 Å². The number of halogens is 1. The molecule has 2 rings (SSSR count). The fourth-order valence-electron chi connectivity index (χ4n) is 1.45. The van der Waals surface area contributed by atoms with E-state index in [1.165, 1.54) is 11.8 Å². The number of pyridine rings is 1. The minimum atomic E-state index is -0.919. The first-order valence-corrected chi connectivity index (χ1v) is 6.60. The van der Waals surface area contributed by atoms with Gasteiger partial charge in [-0.1, -0.05) is 29.8 Å². The molecule has 0 radical (unpaired) electrons. The van der Waals surface area contributed by atoms with Crippen molar-refractivity contribution in [1.29, 1.82) is 0 Å². The quantitative estimate of drug-likeness (QED) is 0.684. The van der Waals surface area contributed by atoms with E-state index in [4.69, 9.17) is 16.7 Å². The number of rotatable bonds is 4. The van der Waals surface area contributed by atoms with Gasteiger partial charge in [0.25, 0.3) is 0 Å². The molecule has 0 amide bonds. The molecule has 0 atom stereocenters. The Bertz CT molecular complexity index is 574. The zero-order chi connectivity index (χ0) is 13.0. The van der Waals surface area contributed by atoms with E-state index >= 15 is 0 Å². The molecule has 92 valence electrons. The van der Waals surface area contributed by atoms with Gasteiger partial charge in [-0.05, 0) is 24.3 Å². The number of benzene rings is 1. The molecule has 0 aliphatic carbocycles. The first kappa shape index (κ1) is 12.9. The highest BCUT2D eigenvalue weighted by atomic mass is 35.5. The molecular weight excluding hydrogens is 270 g/mol. The van der Waals surface area contributed by atoms with Gasteiger partial charge in [0.15, 0.2) is 0 Å². The van der Waals surface area contributed by atoms with Crippen molar-refractivity contribution in [3.8, 4) is 0 Å². The predicted molar refractivity (Wildman–Crippen MR) is 72.2 cm³/mol. The number of carboxylic acid groups (broad SMARTS) is 1. The predicted octanol–water partition coefficient (Wildman–Crippen LogP) is 3.73. The van der Waals surface area contributed by atoms with Crippen LogP contribution >= 0.6 is 23.4 Å². The summed E-state index contributed by atoms with van der Waals surface area (Å²) in [4.78, 5) is 15.9. The molecule has 0 aliphatic rings. The molecule has 0 aliphatic heterocycles. The second-order valence-corrected chi connectivity index (χ2v) is 4.95. The average Bonchev–Trinajstić information content (AvgIpc) is 2.37. The Kier molecular flexibility index (Phi) is 4.23. The maximum Gasteiger partial charge on any atom is 0.336 e. The van der Waals surface area contributed by atoms with E-state index in [1.807, 2.05) is 18.2 Å². The Morgan fingerprint density at radius 1 is 1.22 bits per heavy atom. The number of hydrogen-bond acceptors (Lipinski definition) is 3. The van der Waals surface area contributed by atoms with E-state index in [2.05, 4.69) is 4.98 Å². The highest BCUT2D eigenvalue weighted by Crippen LogP contribution is 2.26. The van der Waals surface area contributed by atoms with Crippen LogP contribution in [0.25, 0.3) is 0 Å². The molecule has 0 fully saturated rings. The Morgan fingerprint density at radius 3 is 2.72 bits per heavy atom. The number of hydrogen-bond donors (Lipinski definition) is 1. The van der Waals surface area contributed by atoms with Gasteiger partial charge < -0.3 is 5.11 Å². The van der Waals surface area contributed by atoms with Gasteiger partial charge in [0.2, 0.25) is 0 Å². The Labute approximate surface area is 114 Å². The van der Waals surface area contributed by atoms with Gasteiger partial charge in [-0.3, -0.25) is 0 Å². The SMILES string of the molecule is O=C(O)c1ccccc1SCc1cccc(Cl)n1. The third kappa shape index (κ3) is 3.24. The lowest BCUT2D eigenvalue weighted by atomic mass is 10.2. The third-order valence-electron chi connectivity index (χ3n) is 2.27. The van der Waals surface area contributed by atoms with Crippen LogP contribution in [0.5, 0.6) is 0 Å². The molecule has 1 N–H and O–H groups in total. The second-order valence-electron chi connectivity index (χ2n) is 3.54. The van der Waals surface area contributed by atoms with Crippen LogP contribution in [0.2, 0.25) is 5.15 Å². The fraction of sp³-hybridized carbons (Fsp3) is 0.0769. The van der Waals surface area contributed by atoms with Gasteiger partial charge in [0.05, 0.1) is 11.3 Å². The Hall–Kier alpha value is -1.52. The lowest BCUT2D eigenvalue weighted by Crippen LogP contribution is -1.98. The highest BCUT2D eigenvalue weighted by Gasteiger charge is 2.09. The standard InChI is InChI=1S/C13H10ClNO2S/c14-12-7-3-4-9(15-12)8-18-11-6-2-1-5-10(11)13(16)17/h1-7H,8H2,(H,16,17). The van der Waals surface area contributed by atoms with Crippen LogP contribution in [0.1, 0.15) is 16.1 Å². The van der Waals surface area contributed by atoms with E-state index in [9.17, 15) is 4.79 Å². The third-order valence-corrected chi connectivity index (χ3v) is 3.58. The van der Waals surface area contributed by atoms with Crippen LogP contribution in [-0.2, 0) is 5.75 Å². The van der Waals surface area contributed by atoms with Gasteiger partial charge in [0, 0.05) is 10.6 Å². The van der Waals surface area contributed by atoms with Crippen LogP contribution < -0.4 is 0 Å². The maximum atomic E-state index is 11.0. The minimum absolute atomic E-state index is 0.310. The summed E-state index contributed by atoms with van der Waals surface area (Å²) in [6.07, 6.45) is 0. The van der Waals surface area contributed by atoms with Crippen LogP contribution in [-0.4, -0.2) is 16.1 Å². The molecule has 2 aromatic rings. The molecule has 0 saturated heterocycles. The summed E-state index contributed by atoms with van der Waals surface area (Å²) in [6, 6.07) is 12.3. The van der Waals surface area contributed by atoms with Gasteiger partial charge in [0.1, 0.15) is 5.15 Å². The zero-order valence-electron chi connectivity index (χ0n) is 9.34. The van der Waals surface area contributed by atoms with Gasteiger partial charge in [-0.15, -0.1) is 11.8 Å². The first-order valence-electron chi connectivity index (χ1n) is 5.23. The molecule has 0 saturated carbocycles. The van der Waals surface area contributed by atoms with E-state index < -0.39 is 5.97 Å². The van der Waals surface area contributed by atoms with Crippen molar-refractivity contribution in [2.45, 2.75) is 10.6 Å². The van der Waals surface area contributed by atoms with Crippen LogP contribution in [0.4, 0.5) is 0 Å². The summed E-state index contributed by atoms with van der Waals surface area (Å²) >= 11 is 7.23. The molecule has 1 aromatic heterocycles. The molecule has 1 aromatic carbocycles. The molecule has 0 spiro atoms. The summed E-state index contributed by atoms with van der Waals surface area (Å²) < 4.78 is 0. The van der Waals surface area contributed by atoms with Crippen LogP contribution in [0.15, 0.2) is 47.4 Å². The van der Waals surface area contributed by atoms with E-state index in [0.717, 1.165) is 10.6 Å². The maximum absolute atomic E-state index is 11.0. The van der Waals surface area contributed by atoms with Gasteiger partial charge in [-0.25, -0.2) is 9.78 Å². The monoisotopic (exact) mass is 279 g/mol. The summed E-state index contributed by atoms with van der Waals surface area (Å²) in [5, 5.41) is 9.50. The van der Waals surface area contributed by atoms with E-state index in [1.54, 1.807) is 24.3 Å². The second kappa shape index (κ2) is 5.89. The van der Waals surface area contributed by atoms with Crippen molar-refractivity contribution in [2.75, 3.05) is 0 Å². The van der Waals surface area contributed by atoms with Gasteiger partial charge in [-0.2, -0.15) is 0 Å². The number of carbonyl (C=O) groups is 1. The number of aromatic carboxylic acids is 1. The molecule has 3 nitrogen and oxygen atoms in total. The first-order chi connectivity index (χ1) is 8.66. The minimum Gasteiger partial charge on any atom is -0.478 e. The van der Waals surface area contributed by atoms with E-state index in [0.29, 0.717) is 16.5 Å².